The molecule has 0 unspecified atom stereocenters. The predicted molar refractivity (Wildman–Crippen MR) is 96.1 cm³/mol. The summed E-state index contributed by atoms with van der Waals surface area (Å²) in [6.07, 6.45) is 2.74. The van der Waals surface area contributed by atoms with Crippen molar-refractivity contribution >= 4 is 5.97 Å². The molecule has 1 aliphatic rings. The van der Waals surface area contributed by atoms with E-state index in [0.29, 0.717) is 0 Å². The number of aliphatic hydroxyl groups excluding tert-OH is 1. The Morgan fingerprint density at radius 3 is 2.29 bits per heavy atom. The molecule has 4 heteroatoms. The van der Waals surface area contributed by atoms with Crippen LogP contribution in [-0.4, -0.2) is 40.7 Å². The van der Waals surface area contributed by atoms with Crippen molar-refractivity contribution in [2.75, 3.05) is 19.6 Å². The highest BCUT2D eigenvalue weighted by molar-refractivity contribution is 5.70. The maximum atomic E-state index is 11.0. The van der Waals surface area contributed by atoms with Gasteiger partial charge < -0.3 is 15.1 Å². The van der Waals surface area contributed by atoms with Crippen LogP contribution in [0, 0.1) is 5.92 Å². The average molecular weight is 333 g/mol. The number of hydrogen-bond donors (Lipinski definition) is 2. The van der Waals surface area contributed by atoms with E-state index in [4.69, 9.17) is 5.11 Å². The van der Waals surface area contributed by atoms with E-state index in [-0.39, 0.29) is 11.3 Å². The second kappa shape index (κ2) is 8.13. The summed E-state index contributed by atoms with van der Waals surface area (Å²) in [7, 11) is 0. The Morgan fingerprint density at radius 1 is 1.21 bits per heavy atom. The molecule has 0 aliphatic carbocycles. The van der Waals surface area contributed by atoms with Crippen molar-refractivity contribution in [3.63, 3.8) is 0 Å². The normalized spacial score (nSPS) is 18.5. The third-order valence-corrected chi connectivity index (χ3v) is 5.05. The largest absolute Gasteiger partial charge is 0.481 e. The second-order valence-electron chi connectivity index (χ2n) is 7.98. The van der Waals surface area contributed by atoms with Crippen LogP contribution >= 0.6 is 0 Å². The van der Waals surface area contributed by atoms with Crippen molar-refractivity contribution in [3.05, 3.63) is 35.4 Å². The monoisotopic (exact) mass is 333 g/mol. The van der Waals surface area contributed by atoms with Crippen LogP contribution in [0.4, 0.5) is 0 Å². The zero-order chi connectivity index (χ0) is 17.7. The molecule has 4 nitrogen and oxygen atoms in total. The van der Waals surface area contributed by atoms with Crippen LogP contribution < -0.4 is 0 Å². The fourth-order valence-corrected chi connectivity index (χ4v) is 3.28. The Labute approximate surface area is 145 Å². The summed E-state index contributed by atoms with van der Waals surface area (Å²) in [5.41, 5.74) is 2.39. The first-order valence-electron chi connectivity index (χ1n) is 9.01. The summed E-state index contributed by atoms with van der Waals surface area (Å²) >= 11 is 0. The van der Waals surface area contributed by atoms with Crippen molar-refractivity contribution < 1.29 is 15.0 Å². The van der Waals surface area contributed by atoms with E-state index >= 15 is 0 Å². The standard InChI is InChI=1S/C20H31NO3/c1-20(2,3)17-8-6-15(7-9-17)18(22)5-4-12-21-13-10-16(11-14-21)19(23)24/h6-9,16,18,22H,4-5,10-14H2,1-3H3,(H,23,24)/t18-/m1/s1. The summed E-state index contributed by atoms with van der Waals surface area (Å²) in [5.74, 6) is -0.836. The Hall–Kier alpha value is -1.39. The number of aliphatic carboxylic acids is 1. The zero-order valence-electron chi connectivity index (χ0n) is 15.2. The lowest BCUT2D eigenvalue weighted by Crippen LogP contribution is -2.36. The first kappa shape index (κ1) is 18.9. The van der Waals surface area contributed by atoms with Gasteiger partial charge in [-0.25, -0.2) is 0 Å². The third kappa shape index (κ3) is 5.32. The highest BCUT2D eigenvalue weighted by Gasteiger charge is 2.24. The van der Waals surface area contributed by atoms with Gasteiger partial charge in [0.05, 0.1) is 12.0 Å². The van der Waals surface area contributed by atoms with E-state index in [0.717, 1.165) is 50.9 Å². The van der Waals surface area contributed by atoms with Crippen LogP contribution in [0.3, 0.4) is 0 Å². The molecule has 1 fully saturated rings. The summed E-state index contributed by atoms with van der Waals surface area (Å²) in [6, 6.07) is 8.28. The van der Waals surface area contributed by atoms with Crippen LogP contribution in [-0.2, 0) is 10.2 Å². The van der Waals surface area contributed by atoms with Gasteiger partial charge in [-0.1, -0.05) is 45.0 Å². The van der Waals surface area contributed by atoms with E-state index in [1.54, 1.807) is 0 Å². The van der Waals surface area contributed by atoms with Crippen molar-refractivity contribution in [1.29, 1.82) is 0 Å². The van der Waals surface area contributed by atoms with Gasteiger partial charge in [-0.3, -0.25) is 4.79 Å². The molecule has 1 aromatic carbocycles. The van der Waals surface area contributed by atoms with E-state index in [1.165, 1.54) is 5.56 Å². The molecule has 1 heterocycles. The van der Waals surface area contributed by atoms with Crippen LogP contribution in [0.1, 0.15) is 63.7 Å². The van der Waals surface area contributed by atoms with Crippen molar-refractivity contribution in [3.8, 4) is 0 Å². The molecule has 1 atom stereocenters. The minimum absolute atomic E-state index is 0.131. The maximum absolute atomic E-state index is 11.0. The van der Waals surface area contributed by atoms with E-state index in [2.05, 4.69) is 37.8 Å². The highest BCUT2D eigenvalue weighted by Crippen LogP contribution is 2.25. The Morgan fingerprint density at radius 2 is 1.79 bits per heavy atom. The van der Waals surface area contributed by atoms with Gasteiger partial charge in [-0.05, 0) is 61.9 Å². The number of likely N-dealkylation sites (tertiary alicyclic amines) is 1. The molecule has 0 aromatic heterocycles. The summed E-state index contributed by atoms with van der Waals surface area (Å²) in [6.45, 7) is 9.20. The van der Waals surface area contributed by atoms with Crippen LogP contribution in [0.25, 0.3) is 0 Å². The molecule has 1 aliphatic heterocycles. The fraction of sp³-hybridized carbons (Fsp3) is 0.650. The molecule has 2 N–H and O–H groups in total. The lowest BCUT2D eigenvalue weighted by Gasteiger charge is -2.30. The molecule has 0 spiro atoms. The predicted octanol–water partition coefficient (Wildman–Crippen LogP) is 3.59. The first-order valence-corrected chi connectivity index (χ1v) is 9.01. The summed E-state index contributed by atoms with van der Waals surface area (Å²) in [4.78, 5) is 13.3. The number of benzene rings is 1. The number of piperidine rings is 1. The quantitative estimate of drug-likeness (QED) is 0.835. The number of carbonyl (C=O) groups is 1. The molecule has 0 amide bonds. The molecule has 2 rings (SSSR count). The first-order chi connectivity index (χ1) is 11.3. The maximum Gasteiger partial charge on any atom is 0.306 e. The number of carboxylic acid groups (broad SMARTS) is 1. The van der Waals surface area contributed by atoms with E-state index in [9.17, 15) is 9.90 Å². The number of nitrogens with zero attached hydrogens (tertiary/aromatic N) is 1. The van der Waals surface area contributed by atoms with E-state index < -0.39 is 12.1 Å². The van der Waals surface area contributed by atoms with Crippen LogP contribution in [0.2, 0.25) is 0 Å². The summed E-state index contributed by atoms with van der Waals surface area (Å²) < 4.78 is 0. The van der Waals surface area contributed by atoms with Gasteiger partial charge in [-0.15, -0.1) is 0 Å². The zero-order valence-corrected chi connectivity index (χ0v) is 15.2. The topological polar surface area (TPSA) is 60.8 Å². The van der Waals surface area contributed by atoms with Gasteiger partial charge in [0.15, 0.2) is 0 Å². The molecular formula is C20H31NO3. The minimum Gasteiger partial charge on any atom is -0.481 e. The van der Waals surface area contributed by atoms with Gasteiger partial charge in [0.1, 0.15) is 0 Å². The molecule has 1 saturated heterocycles. The van der Waals surface area contributed by atoms with Crippen molar-refractivity contribution in [1.82, 2.24) is 4.90 Å². The van der Waals surface area contributed by atoms with Crippen molar-refractivity contribution in [2.24, 2.45) is 5.92 Å². The number of hydrogen-bond acceptors (Lipinski definition) is 3. The molecule has 0 bridgehead atoms. The summed E-state index contributed by atoms with van der Waals surface area (Å²) in [5, 5.41) is 19.4. The van der Waals surface area contributed by atoms with Gasteiger partial charge >= 0.3 is 5.97 Å². The van der Waals surface area contributed by atoms with E-state index in [1.807, 2.05) is 12.1 Å². The third-order valence-electron chi connectivity index (χ3n) is 5.05. The molecular weight excluding hydrogens is 302 g/mol. The minimum atomic E-state index is -0.663. The highest BCUT2D eigenvalue weighted by atomic mass is 16.4. The van der Waals surface area contributed by atoms with Crippen LogP contribution in [0.5, 0.6) is 0 Å². The van der Waals surface area contributed by atoms with Gasteiger partial charge in [0.2, 0.25) is 0 Å². The van der Waals surface area contributed by atoms with Crippen LogP contribution in [0.15, 0.2) is 24.3 Å². The average Bonchev–Trinajstić information content (AvgIpc) is 2.54. The van der Waals surface area contributed by atoms with Crippen molar-refractivity contribution in [2.45, 2.75) is 58.0 Å². The second-order valence-corrected chi connectivity index (χ2v) is 7.98. The fourth-order valence-electron chi connectivity index (χ4n) is 3.28. The lowest BCUT2D eigenvalue weighted by molar-refractivity contribution is -0.143. The van der Waals surface area contributed by atoms with Gasteiger partial charge in [-0.2, -0.15) is 0 Å². The number of carboxylic acids is 1. The molecule has 0 saturated carbocycles. The Bertz CT molecular complexity index is 525. The SMILES string of the molecule is CC(C)(C)c1ccc([C@H](O)CCCN2CCC(C(=O)O)CC2)cc1. The lowest BCUT2D eigenvalue weighted by atomic mass is 9.86. The molecule has 134 valence electrons. The Kier molecular flexibility index (Phi) is 6.41. The number of rotatable bonds is 6. The molecule has 24 heavy (non-hydrogen) atoms. The molecule has 0 radical (unpaired) electrons. The number of aliphatic hydroxyl groups is 1. The Balaban J connectivity index is 1.74. The molecule has 1 aromatic rings. The van der Waals surface area contributed by atoms with Gasteiger partial charge in [0, 0.05) is 0 Å². The smallest absolute Gasteiger partial charge is 0.306 e. The van der Waals surface area contributed by atoms with Gasteiger partial charge in [0.25, 0.3) is 0 Å².